The molecule has 0 saturated carbocycles. The van der Waals surface area contributed by atoms with Crippen LogP contribution in [0.3, 0.4) is 0 Å². The molecule has 0 radical (unpaired) electrons. The van der Waals surface area contributed by atoms with E-state index < -0.39 is 5.97 Å². The molecule has 0 aromatic carbocycles. The van der Waals surface area contributed by atoms with Crippen molar-refractivity contribution in [3.05, 3.63) is 23.9 Å². The highest BCUT2D eigenvalue weighted by Gasteiger charge is 2.37. The number of carbonyl (C=O) groups is 2. The number of pyridine rings is 1. The molecule has 2 unspecified atom stereocenters. The summed E-state index contributed by atoms with van der Waals surface area (Å²) in [6, 6.07) is 2.92. The van der Waals surface area contributed by atoms with Gasteiger partial charge in [0.05, 0.1) is 24.2 Å². The van der Waals surface area contributed by atoms with Gasteiger partial charge in [-0.1, -0.05) is 0 Å². The number of aliphatic carboxylic acids is 1. The number of hydrogen-bond donors (Lipinski definition) is 1. The SMILES string of the molecule is COC1CC(CC(=O)O)N(C(=O)c2ccc(OC(C)C)nc2)C1. The average molecular weight is 322 g/mol. The Hall–Kier alpha value is -2.15. The number of rotatable bonds is 6. The van der Waals surface area contributed by atoms with Gasteiger partial charge in [-0.25, -0.2) is 4.98 Å². The van der Waals surface area contributed by atoms with Gasteiger partial charge in [0.2, 0.25) is 5.88 Å². The van der Waals surface area contributed by atoms with Crippen LogP contribution in [0.15, 0.2) is 18.3 Å². The van der Waals surface area contributed by atoms with E-state index in [9.17, 15) is 9.59 Å². The van der Waals surface area contributed by atoms with E-state index in [1.807, 2.05) is 13.8 Å². The minimum atomic E-state index is -0.927. The van der Waals surface area contributed by atoms with Crippen LogP contribution in [0, 0.1) is 0 Å². The van der Waals surface area contributed by atoms with E-state index in [4.69, 9.17) is 14.6 Å². The average Bonchev–Trinajstić information content (AvgIpc) is 2.89. The van der Waals surface area contributed by atoms with Crippen LogP contribution in [0.2, 0.25) is 0 Å². The van der Waals surface area contributed by atoms with Crippen LogP contribution in [-0.4, -0.2) is 58.8 Å². The van der Waals surface area contributed by atoms with E-state index in [0.717, 1.165) is 0 Å². The van der Waals surface area contributed by atoms with E-state index in [1.165, 1.54) is 6.20 Å². The lowest BCUT2D eigenvalue weighted by molar-refractivity contribution is -0.137. The van der Waals surface area contributed by atoms with E-state index in [2.05, 4.69) is 4.98 Å². The third-order valence-electron chi connectivity index (χ3n) is 3.72. The summed E-state index contributed by atoms with van der Waals surface area (Å²) in [5.41, 5.74) is 0.410. The smallest absolute Gasteiger partial charge is 0.305 e. The van der Waals surface area contributed by atoms with E-state index in [1.54, 1.807) is 24.1 Å². The third kappa shape index (κ3) is 4.41. The molecule has 23 heavy (non-hydrogen) atoms. The molecule has 2 atom stereocenters. The molecule has 1 aromatic rings. The van der Waals surface area contributed by atoms with Gasteiger partial charge in [-0.2, -0.15) is 0 Å². The summed E-state index contributed by atoms with van der Waals surface area (Å²) in [6.07, 6.45) is 1.76. The molecule has 7 heteroatoms. The minimum absolute atomic E-state index is 0.00467. The summed E-state index contributed by atoms with van der Waals surface area (Å²) >= 11 is 0. The zero-order valence-corrected chi connectivity index (χ0v) is 13.6. The van der Waals surface area contributed by atoms with Crippen LogP contribution in [0.5, 0.6) is 5.88 Å². The Morgan fingerprint density at radius 3 is 2.70 bits per heavy atom. The van der Waals surface area contributed by atoms with Gasteiger partial charge in [0.1, 0.15) is 0 Å². The quantitative estimate of drug-likeness (QED) is 0.855. The minimum Gasteiger partial charge on any atom is -0.481 e. The Kier molecular flexibility index (Phi) is 5.54. The fraction of sp³-hybridized carbons (Fsp3) is 0.562. The maximum Gasteiger partial charge on any atom is 0.305 e. The van der Waals surface area contributed by atoms with Crippen LogP contribution in [-0.2, 0) is 9.53 Å². The molecule has 0 bridgehead atoms. The van der Waals surface area contributed by atoms with E-state index in [0.29, 0.717) is 24.4 Å². The Morgan fingerprint density at radius 1 is 1.43 bits per heavy atom. The molecule has 1 amide bonds. The Labute approximate surface area is 135 Å². The lowest BCUT2D eigenvalue weighted by Crippen LogP contribution is -2.37. The third-order valence-corrected chi connectivity index (χ3v) is 3.72. The molecule has 1 N–H and O–H groups in total. The number of aromatic nitrogens is 1. The molecule has 0 aliphatic carbocycles. The van der Waals surface area contributed by atoms with Crippen molar-refractivity contribution >= 4 is 11.9 Å². The highest BCUT2D eigenvalue weighted by Crippen LogP contribution is 2.25. The summed E-state index contributed by atoms with van der Waals surface area (Å²) in [4.78, 5) is 29.3. The zero-order valence-electron chi connectivity index (χ0n) is 13.6. The first-order valence-corrected chi connectivity index (χ1v) is 7.59. The number of hydrogen-bond acceptors (Lipinski definition) is 5. The number of carbonyl (C=O) groups excluding carboxylic acids is 1. The monoisotopic (exact) mass is 322 g/mol. The van der Waals surface area contributed by atoms with Gasteiger partial charge in [-0.3, -0.25) is 9.59 Å². The molecule has 1 aromatic heterocycles. The van der Waals surface area contributed by atoms with Gasteiger partial charge in [0, 0.05) is 32.0 Å². The van der Waals surface area contributed by atoms with E-state index >= 15 is 0 Å². The first kappa shape index (κ1) is 17.2. The van der Waals surface area contributed by atoms with Crippen molar-refractivity contribution in [3.8, 4) is 5.88 Å². The van der Waals surface area contributed by atoms with Crippen LogP contribution in [0.1, 0.15) is 37.0 Å². The second kappa shape index (κ2) is 7.41. The van der Waals surface area contributed by atoms with Crippen molar-refractivity contribution < 1.29 is 24.2 Å². The highest BCUT2D eigenvalue weighted by molar-refractivity contribution is 5.94. The van der Waals surface area contributed by atoms with Crippen molar-refractivity contribution in [1.29, 1.82) is 0 Å². The van der Waals surface area contributed by atoms with Crippen molar-refractivity contribution in [2.45, 2.75) is 44.9 Å². The molecule has 126 valence electrons. The number of methoxy groups -OCH3 is 1. The molecule has 2 heterocycles. The molecule has 1 aliphatic rings. The number of carboxylic acids is 1. The van der Waals surface area contributed by atoms with Gasteiger partial charge in [0.15, 0.2) is 0 Å². The first-order chi connectivity index (χ1) is 10.9. The van der Waals surface area contributed by atoms with Gasteiger partial charge >= 0.3 is 5.97 Å². The predicted molar refractivity (Wildman–Crippen MR) is 82.5 cm³/mol. The molecule has 0 spiro atoms. The summed E-state index contributed by atoms with van der Waals surface area (Å²) in [5, 5.41) is 9.02. The summed E-state index contributed by atoms with van der Waals surface area (Å²) in [6.45, 7) is 4.18. The van der Waals surface area contributed by atoms with Crippen LogP contribution in [0.4, 0.5) is 0 Å². The van der Waals surface area contributed by atoms with Gasteiger partial charge in [-0.05, 0) is 26.3 Å². The lowest BCUT2D eigenvalue weighted by atomic mass is 10.1. The van der Waals surface area contributed by atoms with Gasteiger partial charge in [0.25, 0.3) is 5.91 Å². The van der Waals surface area contributed by atoms with Crippen LogP contribution in [0.25, 0.3) is 0 Å². The second-order valence-corrected chi connectivity index (χ2v) is 5.85. The fourth-order valence-electron chi connectivity index (χ4n) is 2.67. The highest BCUT2D eigenvalue weighted by atomic mass is 16.5. The Bertz CT molecular complexity index is 558. The van der Waals surface area contributed by atoms with Crippen molar-refractivity contribution in [2.75, 3.05) is 13.7 Å². The predicted octanol–water partition coefficient (Wildman–Crippen LogP) is 1.57. The maximum atomic E-state index is 12.6. The summed E-state index contributed by atoms with van der Waals surface area (Å²) < 4.78 is 10.7. The summed E-state index contributed by atoms with van der Waals surface area (Å²) in [7, 11) is 1.57. The van der Waals surface area contributed by atoms with Crippen LogP contribution < -0.4 is 4.74 Å². The lowest BCUT2D eigenvalue weighted by Gasteiger charge is -2.23. The second-order valence-electron chi connectivity index (χ2n) is 5.85. The molecular weight excluding hydrogens is 300 g/mol. The van der Waals surface area contributed by atoms with Gasteiger partial charge < -0.3 is 19.5 Å². The van der Waals surface area contributed by atoms with E-state index in [-0.39, 0.29) is 30.6 Å². The number of likely N-dealkylation sites (tertiary alicyclic amines) is 1. The van der Waals surface area contributed by atoms with Crippen molar-refractivity contribution in [2.24, 2.45) is 0 Å². The Balaban J connectivity index is 2.12. The summed E-state index contributed by atoms with van der Waals surface area (Å²) in [5.74, 6) is -0.711. The molecule has 7 nitrogen and oxygen atoms in total. The topological polar surface area (TPSA) is 89.0 Å². The van der Waals surface area contributed by atoms with Gasteiger partial charge in [-0.15, -0.1) is 0 Å². The molecular formula is C16H22N2O5. The largest absolute Gasteiger partial charge is 0.481 e. The molecule has 2 rings (SSSR count). The fourth-order valence-corrected chi connectivity index (χ4v) is 2.67. The number of amides is 1. The maximum absolute atomic E-state index is 12.6. The standard InChI is InChI=1S/C16H22N2O5/c1-10(2)23-14-5-4-11(8-17-14)16(21)18-9-13(22-3)6-12(18)7-15(19)20/h4-5,8,10,12-13H,6-7,9H2,1-3H3,(H,19,20). The molecule has 1 aliphatic heterocycles. The zero-order chi connectivity index (χ0) is 17.0. The van der Waals surface area contributed by atoms with Crippen molar-refractivity contribution in [1.82, 2.24) is 9.88 Å². The normalized spacial score (nSPS) is 20.8. The van der Waals surface area contributed by atoms with Crippen LogP contribution >= 0.6 is 0 Å². The number of carboxylic acid groups (broad SMARTS) is 1. The molecule has 1 fully saturated rings. The number of ether oxygens (including phenoxy) is 2. The first-order valence-electron chi connectivity index (χ1n) is 7.59. The Morgan fingerprint density at radius 2 is 2.17 bits per heavy atom. The number of nitrogens with zero attached hydrogens (tertiary/aromatic N) is 2. The van der Waals surface area contributed by atoms with Crippen molar-refractivity contribution in [3.63, 3.8) is 0 Å². The molecule has 1 saturated heterocycles.